The highest BCUT2D eigenvalue weighted by Crippen LogP contribution is 2.43. The van der Waals surface area contributed by atoms with Crippen LogP contribution in [0.15, 0.2) is 78.9 Å². The summed E-state index contributed by atoms with van der Waals surface area (Å²) in [6, 6.07) is 17.3. The van der Waals surface area contributed by atoms with Crippen molar-refractivity contribution in [3.05, 3.63) is 90.0 Å². The molecule has 186 valence electrons. The first-order valence-electron chi connectivity index (χ1n) is 11.8. The minimum Gasteiger partial charge on any atom is -0.490 e. The summed E-state index contributed by atoms with van der Waals surface area (Å²) in [5.74, 6) is 1.58. The summed E-state index contributed by atoms with van der Waals surface area (Å²) >= 11 is 0. The maximum Gasteiger partial charge on any atom is 0.412 e. The summed E-state index contributed by atoms with van der Waals surface area (Å²) in [5, 5.41) is 4.29. The van der Waals surface area contributed by atoms with Crippen LogP contribution in [0.5, 0.6) is 17.2 Å². The van der Waals surface area contributed by atoms with Gasteiger partial charge in [-0.25, -0.2) is 9.59 Å². The summed E-state index contributed by atoms with van der Waals surface area (Å²) in [5.41, 5.74) is 2.21. The molecule has 0 heterocycles. The molecular weight excluding hydrogens is 458 g/mol. The number of allylic oxidation sites excluding steroid dienone is 2. The van der Waals surface area contributed by atoms with Crippen LogP contribution in [0.4, 0.5) is 4.79 Å². The van der Waals surface area contributed by atoms with Gasteiger partial charge in [0.05, 0.1) is 6.54 Å². The van der Waals surface area contributed by atoms with Gasteiger partial charge in [0.2, 0.25) is 0 Å². The van der Waals surface area contributed by atoms with Gasteiger partial charge in [0.25, 0.3) is 0 Å². The number of benzene rings is 3. The third-order valence-electron chi connectivity index (χ3n) is 5.63. The van der Waals surface area contributed by atoms with E-state index in [1.54, 1.807) is 6.92 Å². The van der Waals surface area contributed by atoms with E-state index in [0.717, 1.165) is 33.4 Å². The number of para-hydroxylation sites is 1. The standard InChI is InChI=1S/C29H29NO6/c1-20(2)28(31)35-17-16-30-29(32)36-27-24-14-8-6-12-22(24)26(23-13-7-9-15-25(23)27)34-19-18-33-21-10-4-3-5-11-21/h3-12,14H,1,13,15-19H2,2H3,(H,30,32). The lowest BCUT2D eigenvalue weighted by Crippen LogP contribution is -2.31. The number of amides is 1. The SMILES string of the molecule is C=C(C)C(=O)OCCNC(=O)Oc1c2c(c(OCCOc3ccccc3)c3ccccc13)CC=CC2. The van der Waals surface area contributed by atoms with E-state index < -0.39 is 12.1 Å². The van der Waals surface area contributed by atoms with Crippen molar-refractivity contribution in [3.8, 4) is 17.2 Å². The van der Waals surface area contributed by atoms with E-state index >= 15 is 0 Å². The van der Waals surface area contributed by atoms with Gasteiger partial charge < -0.3 is 24.3 Å². The third-order valence-corrected chi connectivity index (χ3v) is 5.63. The van der Waals surface area contributed by atoms with Crippen LogP contribution in [0.25, 0.3) is 10.8 Å². The van der Waals surface area contributed by atoms with E-state index in [9.17, 15) is 9.59 Å². The van der Waals surface area contributed by atoms with Crippen molar-refractivity contribution in [2.24, 2.45) is 0 Å². The molecule has 3 aromatic rings. The smallest absolute Gasteiger partial charge is 0.412 e. The summed E-state index contributed by atoms with van der Waals surface area (Å²) in [6.07, 6.45) is 4.82. The minimum absolute atomic E-state index is 0.0280. The number of nitrogens with one attached hydrogen (secondary N) is 1. The number of hydrogen-bond acceptors (Lipinski definition) is 6. The van der Waals surface area contributed by atoms with Crippen molar-refractivity contribution in [1.82, 2.24) is 5.32 Å². The first-order chi connectivity index (χ1) is 17.5. The first-order valence-corrected chi connectivity index (χ1v) is 11.8. The lowest BCUT2D eigenvalue weighted by Gasteiger charge is -2.23. The number of hydrogen-bond donors (Lipinski definition) is 1. The predicted octanol–water partition coefficient (Wildman–Crippen LogP) is 5.16. The van der Waals surface area contributed by atoms with Crippen LogP contribution in [-0.4, -0.2) is 38.4 Å². The number of esters is 1. The van der Waals surface area contributed by atoms with Crippen molar-refractivity contribution in [2.75, 3.05) is 26.4 Å². The van der Waals surface area contributed by atoms with Crippen LogP contribution >= 0.6 is 0 Å². The molecule has 0 unspecified atom stereocenters. The van der Waals surface area contributed by atoms with E-state index in [1.807, 2.05) is 54.6 Å². The zero-order valence-electron chi connectivity index (χ0n) is 20.3. The molecule has 0 spiro atoms. The Balaban J connectivity index is 1.49. The summed E-state index contributed by atoms with van der Waals surface area (Å²) < 4.78 is 22.8. The lowest BCUT2D eigenvalue weighted by atomic mass is 9.90. The average Bonchev–Trinajstić information content (AvgIpc) is 2.90. The van der Waals surface area contributed by atoms with Gasteiger partial charge in [0.1, 0.15) is 37.1 Å². The summed E-state index contributed by atoms with van der Waals surface area (Å²) in [6.45, 7) is 6.02. The Hall–Kier alpha value is -4.26. The van der Waals surface area contributed by atoms with Gasteiger partial charge in [-0.05, 0) is 31.9 Å². The van der Waals surface area contributed by atoms with Gasteiger partial charge in [-0.1, -0.05) is 61.2 Å². The van der Waals surface area contributed by atoms with Crippen molar-refractivity contribution in [2.45, 2.75) is 19.8 Å². The van der Waals surface area contributed by atoms with E-state index in [1.165, 1.54) is 0 Å². The van der Waals surface area contributed by atoms with Crippen LogP contribution in [-0.2, 0) is 22.4 Å². The molecule has 1 aliphatic carbocycles. The monoisotopic (exact) mass is 487 g/mol. The Morgan fingerprint density at radius 1 is 0.833 bits per heavy atom. The topological polar surface area (TPSA) is 83.1 Å². The predicted molar refractivity (Wildman–Crippen MR) is 138 cm³/mol. The molecule has 1 amide bonds. The number of carbonyl (C=O) groups is 2. The largest absolute Gasteiger partial charge is 0.490 e. The highest BCUT2D eigenvalue weighted by Gasteiger charge is 2.23. The van der Waals surface area contributed by atoms with Gasteiger partial charge in [0.15, 0.2) is 0 Å². The fourth-order valence-corrected chi connectivity index (χ4v) is 3.96. The molecule has 4 rings (SSSR count). The molecule has 0 radical (unpaired) electrons. The van der Waals surface area contributed by atoms with Gasteiger partial charge in [-0.15, -0.1) is 0 Å². The quantitative estimate of drug-likeness (QED) is 0.184. The third kappa shape index (κ3) is 6.05. The van der Waals surface area contributed by atoms with Gasteiger partial charge >= 0.3 is 12.1 Å². The Kier molecular flexibility index (Phi) is 8.24. The molecule has 0 aromatic heterocycles. The molecule has 7 heteroatoms. The Morgan fingerprint density at radius 3 is 2.14 bits per heavy atom. The molecule has 0 bridgehead atoms. The molecule has 36 heavy (non-hydrogen) atoms. The normalized spacial score (nSPS) is 11.9. The molecule has 0 fully saturated rings. The Labute approximate surface area is 210 Å². The summed E-state index contributed by atoms with van der Waals surface area (Å²) in [4.78, 5) is 24.1. The summed E-state index contributed by atoms with van der Waals surface area (Å²) in [7, 11) is 0. The van der Waals surface area contributed by atoms with Crippen LogP contribution in [0.3, 0.4) is 0 Å². The fraction of sp³-hybridized carbons (Fsp3) is 0.241. The highest BCUT2D eigenvalue weighted by atomic mass is 16.6. The second kappa shape index (κ2) is 11.9. The zero-order valence-corrected chi connectivity index (χ0v) is 20.3. The molecule has 3 aromatic carbocycles. The lowest BCUT2D eigenvalue weighted by molar-refractivity contribution is -0.138. The second-order valence-electron chi connectivity index (χ2n) is 8.28. The molecule has 0 saturated carbocycles. The minimum atomic E-state index is -0.617. The van der Waals surface area contributed by atoms with Crippen LogP contribution < -0.4 is 19.5 Å². The van der Waals surface area contributed by atoms with Crippen LogP contribution in [0.2, 0.25) is 0 Å². The number of rotatable bonds is 10. The average molecular weight is 488 g/mol. The molecule has 0 saturated heterocycles. The molecule has 0 aliphatic heterocycles. The number of carbonyl (C=O) groups excluding carboxylic acids is 2. The Morgan fingerprint density at radius 2 is 1.44 bits per heavy atom. The van der Waals surface area contributed by atoms with Crippen molar-refractivity contribution < 1.29 is 28.5 Å². The molecule has 1 N–H and O–H groups in total. The fourth-order valence-electron chi connectivity index (χ4n) is 3.96. The van der Waals surface area contributed by atoms with Gasteiger partial charge in [-0.2, -0.15) is 0 Å². The Bertz CT molecular complexity index is 1280. The van der Waals surface area contributed by atoms with Crippen LogP contribution in [0.1, 0.15) is 18.1 Å². The number of fused-ring (bicyclic) bond motifs is 2. The van der Waals surface area contributed by atoms with E-state index in [4.69, 9.17) is 18.9 Å². The molecular formula is C29H29NO6. The van der Waals surface area contributed by atoms with Gasteiger partial charge in [-0.3, -0.25) is 0 Å². The van der Waals surface area contributed by atoms with Gasteiger partial charge in [0, 0.05) is 27.5 Å². The zero-order chi connectivity index (χ0) is 25.3. The van der Waals surface area contributed by atoms with E-state index in [0.29, 0.717) is 37.4 Å². The molecule has 1 aliphatic rings. The molecule has 7 nitrogen and oxygen atoms in total. The molecule has 0 atom stereocenters. The van der Waals surface area contributed by atoms with Crippen molar-refractivity contribution in [3.63, 3.8) is 0 Å². The second-order valence-corrected chi connectivity index (χ2v) is 8.28. The van der Waals surface area contributed by atoms with E-state index in [-0.39, 0.29) is 13.2 Å². The van der Waals surface area contributed by atoms with Crippen LogP contribution in [0, 0.1) is 0 Å². The highest BCUT2D eigenvalue weighted by molar-refractivity contribution is 5.97. The number of ether oxygens (including phenoxy) is 4. The van der Waals surface area contributed by atoms with Crippen molar-refractivity contribution in [1.29, 1.82) is 0 Å². The maximum absolute atomic E-state index is 12.6. The van der Waals surface area contributed by atoms with Crippen molar-refractivity contribution >= 4 is 22.8 Å². The maximum atomic E-state index is 12.6. The van der Waals surface area contributed by atoms with E-state index in [2.05, 4.69) is 24.0 Å². The first kappa shape index (κ1) is 24.9.